The van der Waals surface area contributed by atoms with Crippen LogP contribution >= 0.6 is 0 Å². The Morgan fingerprint density at radius 3 is 2.61 bits per heavy atom. The Labute approximate surface area is 207 Å². The van der Waals surface area contributed by atoms with E-state index in [2.05, 4.69) is 20.8 Å². The molecule has 0 saturated carbocycles. The van der Waals surface area contributed by atoms with E-state index in [1.807, 2.05) is 36.2 Å². The van der Waals surface area contributed by atoms with Crippen LogP contribution in [0, 0.1) is 5.82 Å². The summed E-state index contributed by atoms with van der Waals surface area (Å²) in [6.07, 6.45) is -0.467. The van der Waals surface area contributed by atoms with E-state index in [0.29, 0.717) is 29.8 Å². The minimum absolute atomic E-state index is 0.0796. The number of oxime groups is 1. The van der Waals surface area contributed by atoms with E-state index in [1.165, 1.54) is 17.9 Å². The van der Waals surface area contributed by atoms with Crippen LogP contribution in [-0.2, 0) is 14.4 Å². The van der Waals surface area contributed by atoms with Crippen molar-refractivity contribution in [1.29, 1.82) is 0 Å². The van der Waals surface area contributed by atoms with Gasteiger partial charge in [0.25, 0.3) is 0 Å². The van der Waals surface area contributed by atoms with E-state index in [-0.39, 0.29) is 31.1 Å². The molecule has 188 valence electrons. The van der Waals surface area contributed by atoms with Gasteiger partial charge in [-0.1, -0.05) is 34.6 Å². The van der Waals surface area contributed by atoms with E-state index in [1.54, 1.807) is 12.1 Å². The number of nitrogens with zero attached hydrogens (tertiary/aromatic N) is 5. The lowest BCUT2D eigenvalue weighted by Crippen LogP contribution is -2.33. The van der Waals surface area contributed by atoms with Crippen molar-refractivity contribution in [3.8, 4) is 11.1 Å². The molecule has 0 aromatic heterocycles. The third-order valence-electron chi connectivity index (χ3n) is 6.24. The van der Waals surface area contributed by atoms with Crippen molar-refractivity contribution in [2.75, 3.05) is 31.1 Å². The number of amides is 2. The molecule has 0 aliphatic carbocycles. The monoisotopic (exact) mass is 494 g/mol. The van der Waals surface area contributed by atoms with Crippen molar-refractivity contribution >= 4 is 23.4 Å². The van der Waals surface area contributed by atoms with Crippen LogP contribution in [0.2, 0.25) is 0 Å². The van der Waals surface area contributed by atoms with Crippen LogP contribution in [0.5, 0.6) is 0 Å². The van der Waals surface area contributed by atoms with Gasteiger partial charge in [0.05, 0.1) is 43.6 Å². The predicted molar refractivity (Wildman–Crippen MR) is 130 cm³/mol. The minimum Gasteiger partial charge on any atom is -0.442 e. The molecule has 10 nitrogen and oxygen atoms in total. The summed E-state index contributed by atoms with van der Waals surface area (Å²) in [6.45, 7) is 5.27. The SMILES string of the molecule is CC(=O)NC[C@H]1CN(c2ccc(-c3ccc(C4=NOC(CN5CC(C)N=N5)C4)cc3)c(F)c2)C(=O)O1. The normalized spacial score (nSPS) is 23.0. The lowest BCUT2D eigenvalue weighted by atomic mass is 9.99. The average molecular weight is 495 g/mol. The van der Waals surface area contributed by atoms with Crippen LogP contribution in [0.3, 0.4) is 0 Å². The zero-order valence-electron chi connectivity index (χ0n) is 20.1. The highest BCUT2D eigenvalue weighted by atomic mass is 19.1. The van der Waals surface area contributed by atoms with E-state index >= 15 is 4.39 Å². The second-order valence-corrected chi connectivity index (χ2v) is 9.19. The number of rotatable bonds is 7. The Bertz CT molecular complexity index is 1220. The van der Waals surface area contributed by atoms with Gasteiger partial charge in [-0.3, -0.25) is 14.7 Å². The molecule has 3 atom stereocenters. The maximum absolute atomic E-state index is 15.0. The van der Waals surface area contributed by atoms with E-state index in [0.717, 1.165) is 17.8 Å². The molecule has 3 heterocycles. The summed E-state index contributed by atoms with van der Waals surface area (Å²) in [6, 6.07) is 12.3. The zero-order chi connectivity index (χ0) is 25.2. The number of hydrogen-bond donors (Lipinski definition) is 1. The second-order valence-electron chi connectivity index (χ2n) is 9.19. The third-order valence-corrected chi connectivity index (χ3v) is 6.24. The van der Waals surface area contributed by atoms with Gasteiger partial charge in [-0.05, 0) is 36.2 Å². The molecule has 0 spiro atoms. The number of cyclic esters (lactones) is 1. The lowest BCUT2D eigenvalue weighted by Gasteiger charge is -2.16. The van der Waals surface area contributed by atoms with Crippen molar-refractivity contribution in [3.05, 3.63) is 53.8 Å². The van der Waals surface area contributed by atoms with Crippen LogP contribution < -0.4 is 10.2 Å². The summed E-state index contributed by atoms with van der Waals surface area (Å²) in [5.74, 6) is -0.656. The Kier molecular flexibility index (Phi) is 6.53. The van der Waals surface area contributed by atoms with E-state index < -0.39 is 18.0 Å². The van der Waals surface area contributed by atoms with E-state index in [4.69, 9.17) is 9.57 Å². The van der Waals surface area contributed by atoms with Crippen molar-refractivity contribution in [1.82, 2.24) is 10.3 Å². The van der Waals surface area contributed by atoms with Crippen molar-refractivity contribution in [3.63, 3.8) is 0 Å². The van der Waals surface area contributed by atoms with Gasteiger partial charge in [0.1, 0.15) is 11.9 Å². The smallest absolute Gasteiger partial charge is 0.414 e. The first kappa shape index (κ1) is 23.7. The summed E-state index contributed by atoms with van der Waals surface area (Å²) < 4.78 is 20.3. The van der Waals surface area contributed by atoms with Crippen LogP contribution in [0.15, 0.2) is 58.0 Å². The first-order valence-corrected chi connectivity index (χ1v) is 11.9. The van der Waals surface area contributed by atoms with Crippen LogP contribution in [-0.4, -0.2) is 67.1 Å². The van der Waals surface area contributed by atoms with Gasteiger partial charge in [-0.15, -0.1) is 0 Å². The minimum atomic E-state index is -0.568. The topological polar surface area (TPSA) is 108 Å². The molecular formula is C25H27FN6O4. The Morgan fingerprint density at radius 1 is 1.14 bits per heavy atom. The van der Waals surface area contributed by atoms with Gasteiger partial charge in [0.15, 0.2) is 6.10 Å². The highest BCUT2D eigenvalue weighted by molar-refractivity contribution is 6.01. The van der Waals surface area contributed by atoms with Gasteiger partial charge in [-0.25, -0.2) is 9.18 Å². The maximum atomic E-state index is 15.0. The van der Waals surface area contributed by atoms with Crippen LogP contribution in [0.1, 0.15) is 25.8 Å². The van der Waals surface area contributed by atoms with Gasteiger partial charge in [0.2, 0.25) is 5.91 Å². The molecule has 2 aromatic carbocycles. The van der Waals surface area contributed by atoms with Crippen molar-refractivity contribution in [2.24, 2.45) is 15.5 Å². The highest BCUT2D eigenvalue weighted by Crippen LogP contribution is 2.30. The molecule has 2 aromatic rings. The van der Waals surface area contributed by atoms with Crippen LogP contribution in [0.4, 0.5) is 14.9 Å². The fourth-order valence-electron chi connectivity index (χ4n) is 4.43. The average Bonchev–Trinajstić information content (AvgIpc) is 3.58. The van der Waals surface area contributed by atoms with Gasteiger partial charge in [-0.2, -0.15) is 5.11 Å². The number of anilines is 1. The Morgan fingerprint density at radius 2 is 1.92 bits per heavy atom. The summed E-state index contributed by atoms with van der Waals surface area (Å²) in [5.41, 5.74) is 3.28. The standard InChI is InChI=1S/C25H27FN6O4/c1-15-12-31(30-28-15)13-20-10-24(29-36-20)18-5-3-17(4-6-18)22-8-7-19(9-23(22)26)32-14-21(35-25(32)34)11-27-16(2)33/h3-9,15,20-21H,10-14H2,1-2H3,(H,27,33)/t15?,20?,21-/m0/s1. The molecule has 5 rings (SSSR count). The number of carbonyl (C=O) groups is 2. The third kappa shape index (κ3) is 5.14. The first-order chi connectivity index (χ1) is 17.4. The summed E-state index contributed by atoms with van der Waals surface area (Å²) >= 11 is 0. The van der Waals surface area contributed by atoms with Crippen molar-refractivity contribution in [2.45, 2.75) is 38.5 Å². The zero-order valence-corrected chi connectivity index (χ0v) is 20.1. The number of hydrogen-bond acceptors (Lipinski definition) is 8. The second kappa shape index (κ2) is 9.92. The predicted octanol–water partition coefficient (Wildman–Crippen LogP) is 3.52. The fourth-order valence-corrected chi connectivity index (χ4v) is 4.43. The summed E-state index contributed by atoms with van der Waals surface area (Å²) in [5, 5.41) is 17.0. The molecule has 1 saturated heterocycles. The Hall–Kier alpha value is -4.02. The number of ether oxygens (including phenoxy) is 1. The fraction of sp³-hybridized carbons (Fsp3) is 0.400. The highest BCUT2D eigenvalue weighted by Gasteiger charge is 2.33. The molecule has 1 N–H and O–H groups in total. The summed E-state index contributed by atoms with van der Waals surface area (Å²) in [4.78, 5) is 30.3. The Balaban J connectivity index is 1.21. The molecule has 0 radical (unpaired) electrons. The number of benzene rings is 2. The number of halogens is 1. The maximum Gasteiger partial charge on any atom is 0.414 e. The molecule has 1 fully saturated rings. The molecule has 36 heavy (non-hydrogen) atoms. The van der Waals surface area contributed by atoms with Gasteiger partial charge >= 0.3 is 6.09 Å². The van der Waals surface area contributed by atoms with Gasteiger partial charge < -0.3 is 14.9 Å². The van der Waals surface area contributed by atoms with Crippen molar-refractivity contribution < 1.29 is 23.6 Å². The van der Waals surface area contributed by atoms with Crippen LogP contribution in [0.25, 0.3) is 11.1 Å². The molecule has 2 unspecified atom stereocenters. The molecule has 3 aliphatic rings. The quantitative estimate of drug-likeness (QED) is 0.634. The molecule has 3 aliphatic heterocycles. The van der Waals surface area contributed by atoms with E-state index in [9.17, 15) is 9.59 Å². The number of nitrogens with one attached hydrogen (secondary N) is 1. The molecule has 2 amide bonds. The number of carbonyl (C=O) groups excluding carboxylic acids is 2. The molecule has 11 heteroatoms. The van der Waals surface area contributed by atoms with Gasteiger partial charge in [0, 0.05) is 18.9 Å². The summed E-state index contributed by atoms with van der Waals surface area (Å²) in [7, 11) is 0. The lowest BCUT2D eigenvalue weighted by molar-refractivity contribution is -0.119. The first-order valence-electron chi connectivity index (χ1n) is 11.9. The molecule has 0 bridgehead atoms. The molecular weight excluding hydrogens is 467 g/mol. The largest absolute Gasteiger partial charge is 0.442 e.